The molecule has 1 aliphatic rings. The summed E-state index contributed by atoms with van der Waals surface area (Å²) in [6.07, 6.45) is 5.06. The number of halogens is 1. The fourth-order valence-corrected chi connectivity index (χ4v) is 2.41. The van der Waals surface area contributed by atoms with E-state index in [-0.39, 0.29) is 10.8 Å². The molecule has 19 heavy (non-hydrogen) atoms. The molecule has 2 rings (SSSR count). The summed E-state index contributed by atoms with van der Waals surface area (Å²) in [5.74, 6) is -0.658. The minimum atomic E-state index is -0.426. The Morgan fingerprint density at radius 1 is 1.42 bits per heavy atom. The molecule has 104 valence electrons. The first-order chi connectivity index (χ1) is 9.16. The Morgan fingerprint density at radius 3 is 2.84 bits per heavy atom. The number of carbonyl (C=O) groups is 1. The molecule has 1 aliphatic carbocycles. The molecule has 0 aromatic heterocycles. The SMILES string of the molecule is O=C(NCCOC1CCCC1)c1ccc(F)c(S)c1. The number of nitrogens with one attached hydrogen (secondary N) is 1. The Hall–Kier alpha value is -1.07. The van der Waals surface area contributed by atoms with Crippen LogP contribution < -0.4 is 5.32 Å². The van der Waals surface area contributed by atoms with E-state index < -0.39 is 5.82 Å². The van der Waals surface area contributed by atoms with Crippen LogP contribution in [0.2, 0.25) is 0 Å². The topological polar surface area (TPSA) is 38.3 Å². The number of thiol groups is 1. The summed E-state index contributed by atoms with van der Waals surface area (Å²) in [5.41, 5.74) is 0.410. The van der Waals surface area contributed by atoms with E-state index in [1.54, 1.807) is 0 Å². The summed E-state index contributed by atoms with van der Waals surface area (Å²) in [5, 5.41) is 2.75. The molecular weight excluding hydrogens is 265 g/mol. The Balaban J connectivity index is 1.72. The van der Waals surface area contributed by atoms with Crippen LogP contribution in [0.15, 0.2) is 23.1 Å². The lowest BCUT2D eigenvalue weighted by Crippen LogP contribution is -2.28. The summed E-state index contributed by atoms with van der Waals surface area (Å²) < 4.78 is 18.7. The van der Waals surface area contributed by atoms with Gasteiger partial charge in [-0.3, -0.25) is 4.79 Å². The summed E-state index contributed by atoms with van der Waals surface area (Å²) in [7, 11) is 0. The van der Waals surface area contributed by atoms with E-state index in [1.807, 2.05) is 0 Å². The monoisotopic (exact) mass is 283 g/mol. The number of hydrogen-bond donors (Lipinski definition) is 2. The zero-order valence-electron chi connectivity index (χ0n) is 10.7. The van der Waals surface area contributed by atoms with Gasteiger partial charge in [-0.1, -0.05) is 12.8 Å². The minimum Gasteiger partial charge on any atom is -0.376 e. The van der Waals surface area contributed by atoms with Gasteiger partial charge < -0.3 is 10.1 Å². The molecule has 1 amide bonds. The highest BCUT2D eigenvalue weighted by molar-refractivity contribution is 7.80. The maximum absolute atomic E-state index is 13.0. The number of ether oxygens (including phenoxy) is 1. The number of carbonyl (C=O) groups excluding carboxylic acids is 1. The molecule has 1 N–H and O–H groups in total. The van der Waals surface area contributed by atoms with E-state index in [2.05, 4.69) is 17.9 Å². The normalized spacial score (nSPS) is 15.7. The van der Waals surface area contributed by atoms with E-state index >= 15 is 0 Å². The maximum Gasteiger partial charge on any atom is 0.251 e. The van der Waals surface area contributed by atoms with Gasteiger partial charge in [0.05, 0.1) is 12.7 Å². The Labute approximate surface area is 117 Å². The van der Waals surface area contributed by atoms with Crippen molar-refractivity contribution in [3.05, 3.63) is 29.6 Å². The molecular formula is C14H18FNO2S. The van der Waals surface area contributed by atoms with Crippen LogP contribution in [0.1, 0.15) is 36.0 Å². The van der Waals surface area contributed by atoms with Crippen molar-refractivity contribution in [2.45, 2.75) is 36.7 Å². The molecule has 1 saturated carbocycles. The molecule has 0 radical (unpaired) electrons. The van der Waals surface area contributed by atoms with Gasteiger partial charge in [0.25, 0.3) is 5.91 Å². The lowest BCUT2D eigenvalue weighted by atomic mass is 10.2. The van der Waals surface area contributed by atoms with Crippen molar-refractivity contribution in [1.82, 2.24) is 5.32 Å². The summed E-state index contributed by atoms with van der Waals surface area (Å²) in [4.78, 5) is 12.0. The summed E-state index contributed by atoms with van der Waals surface area (Å²) in [6, 6.07) is 4.11. The van der Waals surface area contributed by atoms with Gasteiger partial charge >= 0.3 is 0 Å². The van der Waals surface area contributed by atoms with Gasteiger partial charge in [0.1, 0.15) is 5.82 Å². The van der Waals surface area contributed by atoms with Crippen molar-refractivity contribution in [1.29, 1.82) is 0 Å². The first-order valence-electron chi connectivity index (χ1n) is 6.55. The van der Waals surface area contributed by atoms with Crippen molar-refractivity contribution in [2.75, 3.05) is 13.2 Å². The quantitative estimate of drug-likeness (QED) is 0.644. The van der Waals surface area contributed by atoms with Crippen LogP contribution in [-0.2, 0) is 4.74 Å². The Morgan fingerprint density at radius 2 is 2.16 bits per heavy atom. The second-order valence-electron chi connectivity index (χ2n) is 4.70. The third kappa shape index (κ3) is 4.21. The van der Waals surface area contributed by atoms with Gasteiger partial charge in [-0.05, 0) is 31.0 Å². The Bertz CT molecular complexity index is 447. The predicted octanol–water partition coefficient (Wildman–Crippen LogP) is 2.80. The van der Waals surface area contributed by atoms with E-state index in [9.17, 15) is 9.18 Å². The van der Waals surface area contributed by atoms with Crippen molar-refractivity contribution >= 4 is 18.5 Å². The molecule has 1 aromatic rings. The van der Waals surface area contributed by atoms with E-state index in [4.69, 9.17) is 4.74 Å². The van der Waals surface area contributed by atoms with Crippen molar-refractivity contribution in [3.63, 3.8) is 0 Å². The van der Waals surface area contributed by atoms with E-state index in [0.717, 1.165) is 12.8 Å². The second kappa shape index (κ2) is 6.91. The van der Waals surface area contributed by atoms with E-state index in [0.29, 0.717) is 24.8 Å². The van der Waals surface area contributed by atoms with Crippen LogP contribution in [0.3, 0.4) is 0 Å². The number of rotatable bonds is 5. The van der Waals surface area contributed by atoms with Gasteiger partial charge in [-0.15, -0.1) is 12.6 Å². The highest BCUT2D eigenvalue weighted by Crippen LogP contribution is 2.20. The smallest absolute Gasteiger partial charge is 0.251 e. The van der Waals surface area contributed by atoms with Gasteiger partial charge in [0, 0.05) is 17.0 Å². The first-order valence-corrected chi connectivity index (χ1v) is 7.00. The molecule has 5 heteroatoms. The number of benzene rings is 1. The van der Waals surface area contributed by atoms with Gasteiger partial charge in [-0.25, -0.2) is 4.39 Å². The fraction of sp³-hybridized carbons (Fsp3) is 0.500. The van der Waals surface area contributed by atoms with E-state index in [1.165, 1.54) is 31.0 Å². The third-order valence-electron chi connectivity index (χ3n) is 3.25. The molecule has 0 spiro atoms. The standard InChI is InChI=1S/C14H18FNO2S/c15-12-6-5-10(9-13(12)19)14(17)16-7-8-18-11-3-1-2-4-11/h5-6,9,11,19H,1-4,7-8H2,(H,16,17). The largest absolute Gasteiger partial charge is 0.376 e. The maximum atomic E-state index is 13.0. The molecule has 1 fully saturated rings. The predicted molar refractivity (Wildman–Crippen MR) is 74.2 cm³/mol. The van der Waals surface area contributed by atoms with Gasteiger partial charge in [-0.2, -0.15) is 0 Å². The molecule has 1 aromatic carbocycles. The summed E-state index contributed by atoms with van der Waals surface area (Å²) in [6.45, 7) is 0.986. The average Bonchev–Trinajstić information content (AvgIpc) is 2.91. The second-order valence-corrected chi connectivity index (χ2v) is 5.18. The zero-order chi connectivity index (χ0) is 13.7. The third-order valence-corrected chi connectivity index (χ3v) is 3.59. The van der Waals surface area contributed by atoms with Crippen molar-refractivity contribution in [2.24, 2.45) is 0 Å². The first kappa shape index (κ1) is 14.3. The average molecular weight is 283 g/mol. The molecule has 0 saturated heterocycles. The molecule has 0 unspecified atom stereocenters. The lowest BCUT2D eigenvalue weighted by molar-refractivity contribution is 0.0582. The Kier molecular flexibility index (Phi) is 5.22. The van der Waals surface area contributed by atoms with Crippen molar-refractivity contribution < 1.29 is 13.9 Å². The van der Waals surface area contributed by atoms with Crippen LogP contribution in [0.5, 0.6) is 0 Å². The van der Waals surface area contributed by atoms with Crippen LogP contribution in [-0.4, -0.2) is 25.2 Å². The fourth-order valence-electron chi connectivity index (χ4n) is 2.20. The number of amides is 1. The van der Waals surface area contributed by atoms with Crippen LogP contribution in [0, 0.1) is 5.82 Å². The van der Waals surface area contributed by atoms with Gasteiger partial charge in [0.2, 0.25) is 0 Å². The van der Waals surface area contributed by atoms with Gasteiger partial charge in [0.15, 0.2) is 0 Å². The number of hydrogen-bond acceptors (Lipinski definition) is 3. The molecule has 0 heterocycles. The minimum absolute atomic E-state index is 0.176. The van der Waals surface area contributed by atoms with Crippen molar-refractivity contribution in [3.8, 4) is 0 Å². The van der Waals surface area contributed by atoms with Crippen LogP contribution >= 0.6 is 12.6 Å². The van der Waals surface area contributed by atoms with Crippen LogP contribution in [0.4, 0.5) is 4.39 Å². The highest BCUT2D eigenvalue weighted by Gasteiger charge is 2.15. The zero-order valence-corrected chi connectivity index (χ0v) is 11.6. The van der Waals surface area contributed by atoms with Crippen LogP contribution in [0.25, 0.3) is 0 Å². The lowest BCUT2D eigenvalue weighted by Gasteiger charge is -2.11. The summed E-state index contributed by atoms with van der Waals surface area (Å²) >= 11 is 3.95. The highest BCUT2D eigenvalue weighted by atomic mass is 32.1. The molecule has 3 nitrogen and oxygen atoms in total. The molecule has 0 bridgehead atoms. The molecule has 0 aliphatic heterocycles. The molecule has 0 atom stereocenters.